The zero-order valence-electron chi connectivity index (χ0n) is 18.0. The van der Waals surface area contributed by atoms with E-state index in [2.05, 4.69) is 35.5 Å². The number of hydrogen-bond acceptors (Lipinski definition) is 4. The van der Waals surface area contributed by atoms with Gasteiger partial charge in [0, 0.05) is 55.3 Å². The topological polar surface area (TPSA) is 87.5 Å². The van der Waals surface area contributed by atoms with E-state index in [0.717, 1.165) is 68.2 Å². The molecular weight excluding hydrogens is 376 g/mol. The van der Waals surface area contributed by atoms with Crippen LogP contribution < -0.4 is 16.4 Å². The Hall–Kier alpha value is -2.36. The number of nitrogens with zero attached hydrogens (tertiary/aromatic N) is 1. The first-order chi connectivity index (χ1) is 14.6. The number of nitrogens with two attached hydrogens (primary N) is 1. The van der Waals surface area contributed by atoms with Crippen LogP contribution in [0.5, 0.6) is 0 Å². The minimum Gasteiger partial charge on any atom is -0.359 e. The summed E-state index contributed by atoms with van der Waals surface area (Å²) in [6.45, 7) is 4.25. The first-order valence-corrected chi connectivity index (χ1v) is 11.2. The predicted octanol–water partition coefficient (Wildman–Crippen LogP) is 2.16. The van der Waals surface area contributed by atoms with Crippen LogP contribution in [-0.4, -0.2) is 48.4 Å². The number of rotatable bonds is 9. The first-order valence-electron chi connectivity index (χ1n) is 11.2. The van der Waals surface area contributed by atoms with Crippen LogP contribution in [0.25, 0.3) is 0 Å². The Morgan fingerprint density at radius 1 is 1.27 bits per heavy atom. The summed E-state index contributed by atoms with van der Waals surface area (Å²) >= 11 is 0. The molecule has 6 nitrogen and oxygen atoms in total. The van der Waals surface area contributed by atoms with Gasteiger partial charge in [-0.3, -0.25) is 9.59 Å². The molecule has 0 saturated heterocycles. The highest BCUT2D eigenvalue weighted by molar-refractivity contribution is 5.98. The van der Waals surface area contributed by atoms with Gasteiger partial charge in [0.1, 0.15) is 0 Å². The van der Waals surface area contributed by atoms with Crippen molar-refractivity contribution < 1.29 is 9.59 Å². The molecule has 6 heteroatoms. The molecule has 1 atom stereocenters. The maximum absolute atomic E-state index is 12.7. The van der Waals surface area contributed by atoms with E-state index >= 15 is 0 Å². The second-order valence-corrected chi connectivity index (χ2v) is 8.49. The van der Waals surface area contributed by atoms with E-state index in [4.69, 9.17) is 5.73 Å². The van der Waals surface area contributed by atoms with E-state index in [0.29, 0.717) is 31.6 Å². The van der Waals surface area contributed by atoms with Gasteiger partial charge in [-0.1, -0.05) is 11.8 Å². The van der Waals surface area contributed by atoms with E-state index in [1.807, 2.05) is 17.0 Å². The van der Waals surface area contributed by atoms with Crippen LogP contribution in [0, 0.1) is 11.8 Å². The lowest BCUT2D eigenvalue weighted by molar-refractivity contribution is -0.109. The van der Waals surface area contributed by atoms with E-state index in [1.54, 1.807) is 0 Å². The van der Waals surface area contributed by atoms with Crippen molar-refractivity contribution in [1.29, 1.82) is 0 Å². The Kier molecular flexibility index (Phi) is 8.30. The SMILES string of the molecule is CC(CCCNC=O)N1Cc2cc(C#CCCNC3CCC(N)CC3)ccc2C1=O. The van der Waals surface area contributed by atoms with Crippen LogP contribution in [0.15, 0.2) is 18.2 Å². The molecule has 0 aromatic heterocycles. The standard InChI is InChI=1S/C24H34N4O2/c1-18(5-4-13-26-17-29)28-16-20-15-19(7-12-23(20)24(28)30)6-2-3-14-27-22-10-8-21(25)9-11-22/h7,12,15,17-18,21-22,27H,3-5,8-11,13-14,16,25H2,1H3,(H,26,29). The maximum Gasteiger partial charge on any atom is 0.254 e. The number of carbonyl (C=O) groups is 2. The number of carbonyl (C=O) groups excluding carboxylic acids is 2. The lowest BCUT2D eigenvalue weighted by Crippen LogP contribution is -2.37. The van der Waals surface area contributed by atoms with E-state index < -0.39 is 0 Å². The molecule has 1 unspecified atom stereocenters. The van der Waals surface area contributed by atoms with E-state index in [-0.39, 0.29) is 11.9 Å². The molecule has 0 radical (unpaired) electrons. The normalized spacial score (nSPS) is 21.5. The Morgan fingerprint density at radius 2 is 2.07 bits per heavy atom. The monoisotopic (exact) mass is 410 g/mol. The quantitative estimate of drug-likeness (QED) is 0.331. The summed E-state index contributed by atoms with van der Waals surface area (Å²) in [7, 11) is 0. The zero-order valence-corrected chi connectivity index (χ0v) is 18.0. The molecule has 1 aliphatic heterocycles. The fraction of sp³-hybridized carbons (Fsp3) is 0.583. The number of benzene rings is 1. The molecule has 1 aliphatic carbocycles. The fourth-order valence-corrected chi connectivity index (χ4v) is 4.32. The van der Waals surface area contributed by atoms with Gasteiger partial charge in [0.15, 0.2) is 0 Å². The number of fused-ring (bicyclic) bond motifs is 1. The summed E-state index contributed by atoms with van der Waals surface area (Å²) in [6.07, 6.45) is 7.81. The average Bonchev–Trinajstić information content (AvgIpc) is 3.08. The maximum atomic E-state index is 12.7. The molecule has 1 heterocycles. The summed E-state index contributed by atoms with van der Waals surface area (Å²) in [5.74, 6) is 6.59. The summed E-state index contributed by atoms with van der Waals surface area (Å²) in [6, 6.07) is 7.02. The highest BCUT2D eigenvalue weighted by Crippen LogP contribution is 2.26. The lowest BCUT2D eigenvalue weighted by Gasteiger charge is -2.26. The van der Waals surface area contributed by atoms with Crippen LogP contribution in [0.2, 0.25) is 0 Å². The highest BCUT2D eigenvalue weighted by atomic mass is 16.2. The van der Waals surface area contributed by atoms with Gasteiger partial charge >= 0.3 is 0 Å². The number of nitrogens with one attached hydrogen (secondary N) is 2. The smallest absolute Gasteiger partial charge is 0.254 e. The molecule has 0 spiro atoms. The third kappa shape index (κ3) is 6.07. The molecule has 30 heavy (non-hydrogen) atoms. The number of amides is 2. The molecule has 1 saturated carbocycles. The van der Waals surface area contributed by atoms with Crippen molar-refractivity contribution in [3.63, 3.8) is 0 Å². The molecule has 2 aliphatic rings. The van der Waals surface area contributed by atoms with Crippen LogP contribution in [0.3, 0.4) is 0 Å². The third-order valence-electron chi connectivity index (χ3n) is 6.18. The summed E-state index contributed by atoms with van der Waals surface area (Å²) in [5, 5.41) is 6.26. The van der Waals surface area contributed by atoms with Crippen molar-refractivity contribution in [2.75, 3.05) is 13.1 Å². The summed E-state index contributed by atoms with van der Waals surface area (Å²) in [4.78, 5) is 25.0. The molecule has 1 aromatic rings. The predicted molar refractivity (Wildman–Crippen MR) is 119 cm³/mol. The third-order valence-corrected chi connectivity index (χ3v) is 6.18. The van der Waals surface area contributed by atoms with Crippen molar-refractivity contribution in [2.45, 2.75) is 76.5 Å². The minimum absolute atomic E-state index is 0.0942. The second kappa shape index (κ2) is 11.1. The van der Waals surface area contributed by atoms with Crippen molar-refractivity contribution in [3.05, 3.63) is 34.9 Å². The highest BCUT2D eigenvalue weighted by Gasteiger charge is 2.30. The molecule has 1 aromatic carbocycles. The molecule has 162 valence electrons. The van der Waals surface area contributed by atoms with Gasteiger partial charge in [-0.25, -0.2) is 0 Å². The van der Waals surface area contributed by atoms with Gasteiger partial charge in [0.2, 0.25) is 6.41 Å². The van der Waals surface area contributed by atoms with Gasteiger partial charge in [-0.2, -0.15) is 0 Å². The molecule has 4 N–H and O–H groups in total. The fourth-order valence-electron chi connectivity index (χ4n) is 4.32. The molecule has 1 fully saturated rings. The van der Waals surface area contributed by atoms with Crippen molar-refractivity contribution in [2.24, 2.45) is 5.73 Å². The molecular formula is C24H34N4O2. The van der Waals surface area contributed by atoms with Gasteiger partial charge in [0.25, 0.3) is 5.91 Å². The van der Waals surface area contributed by atoms with Crippen LogP contribution in [0.4, 0.5) is 0 Å². The Morgan fingerprint density at radius 3 is 2.83 bits per heavy atom. The van der Waals surface area contributed by atoms with Gasteiger partial charge in [-0.05, 0) is 69.2 Å². The molecule has 2 amide bonds. The lowest BCUT2D eigenvalue weighted by atomic mass is 9.92. The average molecular weight is 411 g/mol. The van der Waals surface area contributed by atoms with E-state index in [1.165, 1.54) is 0 Å². The molecule has 0 bridgehead atoms. The first kappa shape index (κ1) is 22.3. The van der Waals surface area contributed by atoms with Crippen LogP contribution in [0.1, 0.15) is 73.4 Å². The molecule has 3 rings (SSSR count). The van der Waals surface area contributed by atoms with Crippen LogP contribution in [-0.2, 0) is 11.3 Å². The van der Waals surface area contributed by atoms with E-state index in [9.17, 15) is 9.59 Å². The van der Waals surface area contributed by atoms with Gasteiger partial charge in [0.05, 0.1) is 0 Å². The zero-order chi connectivity index (χ0) is 21.3. The second-order valence-electron chi connectivity index (χ2n) is 8.49. The summed E-state index contributed by atoms with van der Waals surface area (Å²) < 4.78 is 0. The summed E-state index contributed by atoms with van der Waals surface area (Å²) in [5.41, 5.74) is 8.77. The minimum atomic E-state index is 0.0942. The van der Waals surface area contributed by atoms with Crippen LogP contribution >= 0.6 is 0 Å². The number of hydrogen-bond donors (Lipinski definition) is 3. The van der Waals surface area contributed by atoms with Crippen molar-refractivity contribution >= 4 is 12.3 Å². The Balaban J connectivity index is 1.46. The Bertz CT molecular complexity index is 790. The Labute approximate surface area is 180 Å². The van der Waals surface area contributed by atoms with Crippen molar-refractivity contribution in [3.8, 4) is 11.8 Å². The largest absolute Gasteiger partial charge is 0.359 e. The van der Waals surface area contributed by atoms with Gasteiger partial charge in [-0.15, -0.1) is 0 Å². The van der Waals surface area contributed by atoms with Crippen molar-refractivity contribution in [1.82, 2.24) is 15.5 Å². The van der Waals surface area contributed by atoms with Gasteiger partial charge < -0.3 is 21.3 Å².